The zero-order chi connectivity index (χ0) is 19.0. The van der Waals surface area contributed by atoms with Gasteiger partial charge in [-0.25, -0.2) is 0 Å². The van der Waals surface area contributed by atoms with Crippen LogP contribution in [0.3, 0.4) is 0 Å². The first-order chi connectivity index (χ1) is 13.1. The first-order valence-corrected chi connectivity index (χ1v) is 9.36. The van der Waals surface area contributed by atoms with Crippen LogP contribution in [0.5, 0.6) is 0 Å². The number of benzene rings is 1. The molecule has 0 bridgehead atoms. The number of aliphatic hydroxyl groups excluding tert-OH is 1. The number of hydrogen-bond acceptors (Lipinski definition) is 5. The third-order valence-corrected chi connectivity index (χ3v) is 5.55. The molecule has 1 N–H and O–H groups in total. The van der Waals surface area contributed by atoms with E-state index in [-0.39, 0.29) is 17.9 Å². The Morgan fingerprint density at radius 3 is 2.67 bits per heavy atom. The predicted molar refractivity (Wildman–Crippen MR) is 101 cm³/mol. The largest absolute Gasteiger partial charge is 0.503 e. The molecule has 0 spiro atoms. The highest BCUT2D eigenvalue weighted by Gasteiger charge is 2.44. The van der Waals surface area contributed by atoms with Gasteiger partial charge in [0.15, 0.2) is 5.76 Å². The fourth-order valence-electron chi connectivity index (χ4n) is 3.38. The lowest BCUT2D eigenvalue weighted by atomic mass is 9.92. The van der Waals surface area contributed by atoms with Crippen LogP contribution in [-0.4, -0.2) is 21.7 Å². The highest BCUT2D eigenvalue weighted by Crippen LogP contribution is 2.41. The van der Waals surface area contributed by atoms with Crippen LogP contribution < -0.4 is 0 Å². The fourth-order valence-corrected chi connectivity index (χ4v) is 4.05. The van der Waals surface area contributed by atoms with Crippen LogP contribution in [0.15, 0.2) is 75.9 Å². The van der Waals surface area contributed by atoms with E-state index in [1.165, 1.54) is 22.5 Å². The van der Waals surface area contributed by atoms with Crippen molar-refractivity contribution in [1.82, 2.24) is 4.90 Å². The van der Waals surface area contributed by atoms with Crippen molar-refractivity contribution in [3.63, 3.8) is 0 Å². The Balaban J connectivity index is 1.83. The molecule has 5 nitrogen and oxygen atoms in total. The highest BCUT2D eigenvalue weighted by molar-refractivity contribution is 7.12. The van der Waals surface area contributed by atoms with Crippen molar-refractivity contribution < 1.29 is 19.1 Å². The summed E-state index contributed by atoms with van der Waals surface area (Å²) in [6.07, 6.45) is 1.53. The number of rotatable bonds is 5. The summed E-state index contributed by atoms with van der Waals surface area (Å²) in [5.41, 5.74) is 1.86. The molecule has 4 rings (SSSR count). The maximum absolute atomic E-state index is 13.1. The van der Waals surface area contributed by atoms with Crippen molar-refractivity contribution in [2.45, 2.75) is 19.5 Å². The molecule has 1 aliphatic rings. The summed E-state index contributed by atoms with van der Waals surface area (Å²) in [7, 11) is 0. The topological polar surface area (TPSA) is 70.8 Å². The van der Waals surface area contributed by atoms with Crippen LogP contribution in [0.1, 0.15) is 32.6 Å². The Morgan fingerprint density at radius 2 is 2.00 bits per heavy atom. The predicted octanol–water partition coefficient (Wildman–Crippen LogP) is 4.43. The number of aryl methyl sites for hydroxylation is 1. The van der Waals surface area contributed by atoms with Gasteiger partial charge in [0.1, 0.15) is 5.76 Å². The maximum atomic E-state index is 13.1. The monoisotopic (exact) mass is 379 g/mol. The van der Waals surface area contributed by atoms with E-state index in [9.17, 15) is 14.7 Å². The highest BCUT2D eigenvalue weighted by atomic mass is 32.1. The molecule has 27 heavy (non-hydrogen) atoms. The molecule has 1 aromatic carbocycles. The first kappa shape index (κ1) is 17.3. The van der Waals surface area contributed by atoms with E-state index in [0.717, 1.165) is 11.1 Å². The summed E-state index contributed by atoms with van der Waals surface area (Å²) in [4.78, 5) is 27.9. The molecular weight excluding hydrogens is 362 g/mol. The molecule has 3 heterocycles. The van der Waals surface area contributed by atoms with Gasteiger partial charge in [-0.2, -0.15) is 0 Å². The van der Waals surface area contributed by atoms with Gasteiger partial charge in [-0.3, -0.25) is 9.59 Å². The second kappa shape index (κ2) is 6.89. The summed E-state index contributed by atoms with van der Waals surface area (Å²) in [6, 6.07) is 13.9. The number of carbonyl (C=O) groups is 2. The molecule has 3 aromatic rings. The van der Waals surface area contributed by atoms with E-state index < -0.39 is 17.7 Å². The minimum Gasteiger partial charge on any atom is -0.503 e. The lowest BCUT2D eigenvalue weighted by Crippen LogP contribution is -2.31. The molecule has 1 amide bonds. The van der Waals surface area contributed by atoms with Crippen LogP contribution in [0.25, 0.3) is 0 Å². The minimum absolute atomic E-state index is 0.114. The van der Waals surface area contributed by atoms with Crippen molar-refractivity contribution in [2.75, 3.05) is 0 Å². The Morgan fingerprint density at radius 1 is 1.19 bits per heavy atom. The number of amides is 1. The van der Waals surface area contributed by atoms with Gasteiger partial charge in [0.25, 0.3) is 5.91 Å². The number of thiophene rings is 1. The second-order valence-corrected chi connectivity index (χ2v) is 7.29. The van der Waals surface area contributed by atoms with E-state index in [1.54, 1.807) is 29.6 Å². The molecule has 136 valence electrons. The molecule has 2 aromatic heterocycles. The molecule has 0 aliphatic carbocycles. The normalized spacial score (nSPS) is 17.0. The van der Waals surface area contributed by atoms with Gasteiger partial charge in [0.2, 0.25) is 5.78 Å². The van der Waals surface area contributed by atoms with E-state index in [2.05, 4.69) is 0 Å². The van der Waals surface area contributed by atoms with Crippen molar-refractivity contribution in [3.8, 4) is 0 Å². The van der Waals surface area contributed by atoms with Crippen LogP contribution in [0.2, 0.25) is 0 Å². The zero-order valence-electron chi connectivity index (χ0n) is 14.6. The van der Waals surface area contributed by atoms with E-state index >= 15 is 0 Å². The number of furan rings is 1. The van der Waals surface area contributed by atoms with Crippen LogP contribution in [0, 0.1) is 6.92 Å². The number of aliphatic hydroxyl groups is 1. The van der Waals surface area contributed by atoms with Crippen LogP contribution in [-0.2, 0) is 11.3 Å². The minimum atomic E-state index is -0.668. The quantitative estimate of drug-likeness (QED) is 0.666. The zero-order valence-corrected chi connectivity index (χ0v) is 15.4. The van der Waals surface area contributed by atoms with Gasteiger partial charge in [0, 0.05) is 0 Å². The Labute approximate surface area is 160 Å². The van der Waals surface area contributed by atoms with Crippen molar-refractivity contribution in [1.29, 1.82) is 0 Å². The molecule has 0 saturated heterocycles. The molecular formula is C21H17NO4S. The Bertz CT molecular complexity index is 1020. The van der Waals surface area contributed by atoms with Crippen molar-refractivity contribution in [2.24, 2.45) is 0 Å². The molecule has 0 saturated carbocycles. The third-order valence-electron chi connectivity index (χ3n) is 4.68. The average Bonchev–Trinajstić information content (AvgIpc) is 3.40. The van der Waals surface area contributed by atoms with E-state index in [4.69, 9.17) is 4.42 Å². The smallest absolute Gasteiger partial charge is 0.290 e. The lowest BCUT2D eigenvalue weighted by molar-refractivity contribution is -0.130. The summed E-state index contributed by atoms with van der Waals surface area (Å²) < 4.78 is 5.38. The van der Waals surface area contributed by atoms with Gasteiger partial charge in [-0.05, 0) is 41.6 Å². The summed E-state index contributed by atoms with van der Waals surface area (Å²) in [6.45, 7) is 2.09. The summed E-state index contributed by atoms with van der Waals surface area (Å²) in [5.74, 6) is -0.807. The molecule has 6 heteroatoms. The first-order valence-electron chi connectivity index (χ1n) is 8.48. The van der Waals surface area contributed by atoms with Crippen LogP contribution >= 0.6 is 11.3 Å². The Hall–Kier alpha value is -3.12. The number of ketones is 1. The molecule has 1 unspecified atom stereocenters. The van der Waals surface area contributed by atoms with E-state index in [1.807, 2.05) is 31.2 Å². The summed E-state index contributed by atoms with van der Waals surface area (Å²) in [5, 5.41) is 12.4. The lowest BCUT2D eigenvalue weighted by Gasteiger charge is -2.27. The van der Waals surface area contributed by atoms with Gasteiger partial charge >= 0.3 is 0 Å². The van der Waals surface area contributed by atoms with Crippen molar-refractivity contribution in [3.05, 3.63) is 93.3 Å². The third kappa shape index (κ3) is 2.98. The number of hydrogen-bond donors (Lipinski definition) is 1. The van der Waals surface area contributed by atoms with Gasteiger partial charge < -0.3 is 14.4 Å². The van der Waals surface area contributed by atoms with Gasteiger partial charge in [-0.1, -0.05) is 30.3 Å². The number of Topliss-reactive ketones (excluding diaryl/α,β-unsaturated/α-hetero) is 1. The van der Waals surface area contributed by atoms with Gasteiger partial charge in [0.05, 0.1) is 29.3 Å². The molecule has 0 fully saturated rings. The fraction of sp³-hybridized carbons (Fsp3) is 0.143. The maximum Gasteiger partial charge on any atom is 0.290 e. The SMILES string of the molecule is Cc1ccccc1C1C(C(=O)c2cccs2)=C(O)C(=O)N1Cc1ccco1. The second-order valence-electron chi connectivity index (χ2n) is 6.34. The molecule has 1 aliphatic heterocycles. The average molecular weight is 379 g/mol. The van der Waals surface area contributed by atoms with Crippen molar-refractivity contribution >= 4 is 23.0 Å². The molecule has 1 atom stereocenters. The number of carbonyl (C=O) groups excluding carboxylic acids is 2. The van der Waals surface area contributed by atoms with Crippen LogP contribution in [0.4, 0.5) is 0 Å². The summed E-state index contributed by atoms with van der Waals surface area (Å²) >= 11 is 1.29. The molecule has 0 radical (unpaired) electrons. The van der Waals surface area contributed by atoms with Gasteiger partial charge in [-0.15, -0.1) is 11.3 Å². The standard InChI is InChI=1S/C21H17NO4S/c1-13-6-2-3-8-15(13)18-17(19(23)16-9-5-11-27-16)20(24)21(25)22(18)12-14-7-4-10-26-14/h2-11,18,24H,12H2,1H3. The number of nitrogens with zero attached hydrogens (tertiary/aromatic N) is 1. The Kier molecular flexibility index (Phi) is 4.41. The van der Waals surface area contributed by atoms with E-state index in [0.29, 0.717) is 10.6 Å².